The van der Waals surface area contributed by atoms with Crippen LogP contribution < -0.4 is 14.8 Å². The van der Waals surface area contributed by atoms with E-state index in [1.807, 2.05) is 50.2 Å². The summed E-state index contributed by atoms with van der Waals surface area (Å²) in [5, 5.41) is 4.45. The van der Waals surface area contributed by atoms with Crippen molar-refractivity contribution in [3.63, 3.8) is 0 Å². The molecule has 1 aromatic heterocycles. The molecule has 6 nitrogen and oxygen atoms in total. The number of amides is 1. The summed E-state index contributed by atoms with van der Waals surface area (Å²) < 4.78 is 16.9. The van der Waals surface area contributed by atoms with Crippen molar-refractivity contribution >= 4 is 39.4 Å². The summed E-state index contributed by atoms with van der Waals surface area (Å²) in [7, 11) is 1.61. The molecule has 0 atom stereocenters. The van der Waals surface area contributed by atoms with Gasteiger partial charge in [0, 0.05) is 34.4 Å². The van der Waals surface area contributed by atoms with Crippen molar-refractivity contribution < 1.29 is 18.7 Å². The zero-order chi connectivity index (χ0) is 21.8. The molecule has 2 heterocycles. The van der Waals surface area contributed by atoms with Gasteiger partial charge >= 0.3 is 0 Å². The first-order valence-electron chi connectivity index (χ1n) is 10.1. The van der Waals surface area contributed by atoms with Crippen molar-refractivity contribution in [3.05, 3.63) is 54.3 Å². The number of hydrogen-bond donors (Lipinski definition) is 1. The average Bonchev–Trinajstić information content (AvgIpc) is 3.43. The number of nitrogens with zero attached hydrogens (tertiary/aromatic N) is 1. The first-order chi connectivity index (χ1) is 15.1. The molecule has 31 heavy (non-hydrogen) atoms. The highest BCUT2D eigenvalue weighted by Crippen LogP contribution is 2.37. The first-order valence-corrected chi connectivity index (χ1v) is 11.1. The van der Waals surface area contributed by atoms with Crippen molar-refractivity contribution in [1.82, 2.24) is 5.32 Å². The standard InChI is InChI=1S/C24H24N2O4S/c1-4-29-17-7-5-16(6-8-17)20-14-30-22-13-21(28-3)18(12-19(20)22)15(2)11-23(27)26-24-25-9-10-31-24/h5-8,11-14H,4,9-10H2,1-3H3,(H,25,26,27)/b15-11+. The Hall–Kier alpha value is -3.19. The van der Waals surface area contributed by atoms with Crippen molar-refractivity contribution in [2.24, 2.45) is 4.99 Å². The van der Waals surface area contributed by atoms with Crippen molar-refractivity contribution in [2.45, 2.75) is 13.8 Å². The van der Waals surface area contributed by atoms with Crippen LogP contribution in [0.3, 0.4) is 0 Å². The van der Waals surface area contributed by atoms with Crippen LogP contribution in [0.5, 0.6) is 11.5 Å². The molecular weight excluding hydrogens is 412 g/mol. The lowest BCUT2D eigenvalue weighted by molar-refractivity contribution is -0.115. The third-order valence-corrected chi connectivity index (χ3v) is 5.85. The first kappa shape index (κ1) is 21.1. The number of thioether (sulfide) groups is 1. The third kappa shape index (κ3) is 4.61. The Bertz CT molecular complexity index is 1160. The monoisotopic (exact) mass is 436 g/mol. The number of amidine groups is 1. The number of benzene rings is 2. The highest BCUT2D eigenvalue weighted by molar-refractivity contribution is 8.14. The summed E-state index contributed by atoms with van der Waals surface area (Å²) in [6.07, 6.45) is 3.31. The summed E-state index contributed by atoms with van der Waals surface area (Å²) in [6, 6.07) is 11.8. The third-order valence-electron chi connectivity index (χ3n) is 4.96. The van der Waals surface area contributed by atoms with Gasteiger partial charge in [-0.1, -0.05) is 23.9 Å². The van der Waals surface area contributed by atoms with Gasteiger partial charge in [-0.05, 0) is 43.2 Å². The van der Waals surface area contributed by atoms with Gasteiger partial charge in [-0.3, -0.25) is 9.79 Å². The van der Waals surface area contributed by atoms with Gasteiger partial charge in [-0.2, -0.15) is 0 Å². The Balaban J connectivity index is 1.68. The Morgan fingerprint density at radius 2 is 2.10 bits per heavy atom. The fourth-order valence-corrected chi connectivity index (χ4v) is 4.21. The largest absolute Gasteiger partial charge is 0.496 e. The summed E-state index contributed by atoms with van der Waals surface area (Å²) in [4.78, 5) is 16.7. The van der Waals surface area contributed by atoms with Crippen LogP contribution in [0.15, 0.2) is 58.1 Å². The molecule has 3 aromatic rings. The van der Waals surface area contributed by atoms with Gasteiger partial charge in [0.25, 0.3) is 0 Å². The number of carbonyl (C=O) groups is 1. The number of carbonyl (C=O) groups excluding carboxylic acids is 1. The molecule has 2 aromatic carbocycles. The van der Waals surface area contributed by atoms with Crippen LogP contribution in [0.1, 0.15) is 19.4 Å². The van der Waals surface area contributed by atoms with E-state index in [-0.39, 0.29) is 5.91 Å². The van der Waals surface area contributed by atoms with Gasteiger partial charge in [0.15, 0.2) is 5.17 Å². The van der Waals surface area contributed by atoms with Gasteiger partial charge in [0.05, 0.1) is 26.5 Å². The van der Waals surface area contributed by atoms with E-state index in [0.29, 0.717) is 17.5 Å². The Morgan fingerprint density at radius 3 is 2.77 bits per heavy atom. The number of ether oxygens (including phenoxy) is 2. The van der Waals surface area contributed by atoms with E-state index >= 15 is 0 Å². The predicted molar refractivity (Wildman–Crippen MR) is 126 cm³/mol. The molecule has 0 saturated heterocycles. The number of nitrogens with one attached hydrogen (secondary N) is 1. The Morgan fingerprint density at radius 1 is 1.29 bits per heavy atom. The lowest BCUT2D eigenvalue weighted by atomic mass is 9.99. The van der Waals surface area contributed by atoms with Crippen molar-refractivity contribution in [2.75, 3.05) is 26.0 Å². The van der Waals surface area contributed by atoms with Gasteiger partial charge in [-0.25, -0.2) is 0 Å². The van der Waals surface area contributed by atoms with Crippen LogP contribution in [-0.2, 0) is 4.79 Å². The number of fused-ring (bicyclic) bond motifs is 1. The maximum Gasteiger partial charge on any atom is 0.250 e. The zero-order valence-electron chi connectivity index (χ0n) is 17.7. The summed E-state index contributed by atoms with van der Waals surface area (Å²) in [5.41, 5.74) is 4.33. The number of hydrogen-bond acceptors (Lipinski definition) is 6. The molecule has 160 valence electrons. The number of methoxy groups -OCH3 is 1. The van der Waals surface area contributed by atoms with E-state index in [4.69, 9.17) is 13.9 Å². The molecular formula is C24H24N2O4S. The van der Waals surface area contributed by atoms with Crippen molar-refractivity contribution in [3.8, 4) is 22.6 Å². The number of allylic oxidation sites excluding steroid dienone is 1. The van der Waals surface area contributed by atoms with Gasteiger partial charge in [0.1, 0.15) is 17.1 Å². The van der Waals surface area contributed by atoms with Gasteiger partial charge < -0.3 is 19.2 Å². The van der Waals surface area contributed by atoms with Gasteiger partial charge in [0.2, 0.25) is 5.91 Å². The van der Waals surface area contributed by atoms with Crippen LogP contribution >= 0.6 is 11.8 Å². The molecule has 0 radical (unpaired) electrons. The minimum Gasteiger partial charge on any atom is -0.496 e. The summed E-state index contributed by atoms with van der Waals surface area (Å²) in [6.45, 7) is 5.22. The van der Waals surface area contributed by atoms with E-state index in [1.54, 1.807) is 31.2 Å². The number of rotatable bonds is 6. The van der Waals surface area contributed by atoms with Gasteiger partial charge in [-0.15, -0.1) is 0 Å². The van der Waals surface area contributed by atoms with Crippen LogP contribution in [0.2, 0.25) is 0 Å². The normalized spacial score (nSPS) is 13.9. The molecule has 1 aliphatic heterocycles. The second-order valence-corrected chi connectivity index (χ2v) is 8.09. The molecule has 0 fully saturated rings. The molecule has 7 heteroatoms. The maximum absolute atomic E-state index is 12.4. The second kappa shape index (κ2) is 9.31. The smallest absolute Gasteiger partial charge is 0.250 e. The molecule has 0 spiro atoms. The quantitative estimate of drug-likeness (QED) is 0.543. The molecule has 1 aliphatic rings. The molecule has 4 rings (SSSR count). The highest BCUT2D eigenvalue weighted by Gasteiger charge is 2.16. The van der Waals surface area contributed by atoms with Crippen LogP contribution in [0.25, 0.3) is 27.7 Å². The second-order valence-electron chi connectivity index (χ2n) is 7.01. The SMILES string of the molecule is CCOc1ccc(-c2coc3cc(OC)c(/C(C)=C/C(=O)NC4=NCCS4)cc23)cc1. The Kier molecular flexibility index (Phi) is 6.32. The van der Waals surface area contributed by atoms with E-state index in [9.17, 15) is 4.79 Å². The molecule has 0 bridgehead atoms. The van der Waals surface area contributed by atoms with E-state index < -0.39 is 0 Å². The van der Waals surface area contributed by atoms with E-state index in [0.717, 1.165) is 51.3 Å². The number of furan rings is 1. The summed E-state index contributed by atoms with van der Waals surface area (Å²) in [5.74, 6) is 2.18. The minimum atomic E-state index is -0.202. The van der Waals surface area contributed by atoms with E-state index in [1.165, 1.54) is 0 Å². The van der Waals surface area contributed by atoms with Crippen LogP contribution in [0, 0.1) is 0 Å². The minimum absolute atomic E-state index is 0.202. The van der Waals surface area contributed by atoms with Crippen molar-refractivity contribution in [1.29, 1.82) is 0 Å². The molecule has 0 aliphatic carbocycles. The average molecular weight is 437 g/mol. The van der Waals surface area contributed by atoms with Crippen LogP contribution in [0.4, 0.5) is 0 Å². The molecule has 0 saturated carbocycles. The number of aliphatic imine (C=N–C) groups is 1. The van der Waals surface area contributed by atoms with E-state index in [2.05, 4.69) is 10.3 Å². The predicted octanol–water partition coefficient (Wildman–Crippen LogP) is 5.13. The highest BCUT2D eigenvalue weighted by atomic mass is 32.2. The topological polar surface area (TPSA) is 73.1 Å². The zero-order valence-corrected chi connectivity index (χ0v) is 18.5. The fourth-order valence-electron chi connectivity index (χ4n) is 3.48. The fraction of sp³-hybridized carbons (Fsp3) is 0.250. The van der Waals surface area contributed by atoms with Crippen LogP contribution in [-0.4, -0.2) is 37.1 Å². The molecule has 0 unspecified atom stereocenters. The summed E-state index contributed by atoms with van der Waals surface area (Å²) >= 11 is 1.55. The lowest BCUT2D eigenvalue weighted by Gasteiger charge is -2.10. The lowest BCUT2D eigenvalue weighted by Crippen LogP contribution is -2.25. The maximum atomic E-state index is 12.4. The molecule has 1 N–H and O–H groups in total. The molecule has 1 amide bonds. The Labute approximate surface area is 185 Å².